The summed E-state index contributed by atoms with van der Waals surface area (Å²) in [5, 5.41) is 12.4. The number of rotatable bonds is 0. The van der Waals surface area contributed by atoms with E-state index in [1.54, 1.807) is 0 Å². The third kappa shape index (κ3) is 7.78. The Labute approximate surface area is 435 Å². The van der Waals surface area contributed by atoms with Crippen molar-refractivity contribution in [3.8, 4) is 45.6 Å². The van der Waals surface area contributed by atoms with E-state index in [0.717, 1.165) is 86.9 Å². The molecule has 9 heteroatoms. The van der Waals surface area contributed by atoms with Crippen LogP contribution >= 0.6 is 0 Å². The van der Waals surface area contributed by atoms with Crippen LogP contribution in [-0.2, 0) is 38.7 Å². The molecule has 8 nitrogen and oxygen atoms in total. The van der Waals surface area contributed by atoms with Gasteiger partial charge >= 0.3 is 17.1 Å². The molecule has 0 aliphatic carbocycles. The predicted octanol–water partition coefficient (Wildman–Crippen LogP) is 15.9. The van der Waals surface area contributed by atoms with Gasteiger partial charge in [-0.25, -0.2) is 9.97 Å². The van der Waals surface area contributed by atoms with E-state index in [9.17, 15) is 0 Å². The van der Waals surface area contributed by atoms with E-state index in [1.807, 2.05) is 0 Å². The van der Waals surface area contributed by atoms with E-state index in [2.05, 4.69) is 204 Å². The van der Waals surface area contributed by atoms with Gasteiger partial charge in [0.05, 0.1) is 23.3 Å². The van der Waals surface area contributed by atoms with Gasteiger partial charge in [0.1, 0.15) is 0 Å². The van der Waals surface area contributed by atoms with Crippen molar-refractivity contribution in [2.75, 3.05) is 0 Å². The third-order valence-electron chi connectivity index (χ3n) is 15.0. The first-order chi connectivity index (χ1) is 34.1. The van der Waals surface area contributed by atoms with Crippen LogP contribution in [0.2, 0.25) is 0 Å². The first-order valence-corrected chi connectivity index (χ1v) is 25.1. The summed E-state index contributed by atoms with van der Waals surface area (Å²) in [6, 6.07) is 44.6. The quantitative estimate of drug-likeness (QED) is 0.138. The Morgan fingerprint density at radius 1 is 0.260 bits per heavy atom. The molecule has 3 aromatic heterocycles. The molecule has 363 valence electrons. The fraction of sp³-hybridized carbons (Fsp3) is 0.250. The van der Waals surface area contributed by atoms with Crippen molar-refractivity contribution in [3.05, 3.63) is 144 Å². The maximum atomic E-state index is 5.43. The second kappa shape index (κ2) is 15.8. The average molecular weight is 1000 g/mol. The molecule has 0 fully saturated rings. The summed E-state index contributed by atoms with van der Waals surface area (Å²) >= 11 is 0. The Bertz CT molecular complexity index is 4100. The van der Waals surface area contributed by atoms with Gasteiger partial charge < -0.3 is 29.9 Å². The summed E-state index contributed by atoms with van der Waals surface area (Å²) < 4.78 is 0. The van der Waals surface area contributed by atoms with Crippen LogP contribution in [0.4, 0.5) is 0 Å². The Hall–Kier alpha value is -7.32. The van der Waals surface area contributed by atoms with E-state index in [0.29, 0.717) is 45.9 Å². The zero-order valence-corrected chi connectivity index (χ0v) is 44.4. The van der Waals surface area contributed by atoms with Gasteiger partial charge in [-0.2, -0.15) is 0 Å². The first-order valence-electron chi connectivity index (χ1n) is 25.1. The van der Waals surface area contributed by atoms with Gasteiger partial charge in [-0.05, 0) is 157 Å². The van der Waals surface area contributed by atoms with Gasteiger partial charge in [-0.1, -0.05) is 156 Å². The van der Waals surface area contributed by atoms with Gasteiger partial charge in [-0.3, -0.25) is 0 Å². The predicted molar refractivity (Wildman–Crippen MR) is 299 cm³/mol. The molecule has 2 aliphatic heterocycles. The van der Waals surface area contributed by atoms with Crippen molar-refractivity contribution in [2.24, 2.45) is 0 Å². The third-order valence-corrected chi connectivity index (χ3v) is 15.0. The molecular formula is C64H56CuN8. The Morgan fingerprint density at radius 3 is 0.740 bits per heavy atom. The molecule has 8 aromatic carbocycles. The van der Waals surface area contributed by atoms with Crippen molar-refractivity contribution in [3.63, 3.8) is 0 Å². The largest absolute Gasteiger partial charge is 2.00 e. The number of nitrogens with zero attached hydrogens (tertiary/aromatic N) is 8. The molecule has 0 N–H and O–H groups in total. The van der Waals surface area contributed by atoms with Crippen LogP contribution in [0.3, 0.4) is 0 Å². The minimum absolute atomic E-state index is 0. The van der Waals surface area contributed by atoms with Gasteiger partial charge in [0, 0.05) is 44.8 Å². The molecule has 0 saturated heterocycles. The molecule has 0 saturated carbocycles. The van der Waals surface area contributed by atoms with Gasteiger partial charge in [0.2, 0.25) is 0 Å². The van der Waals surface area contributed by atoms with Crippen LogP contribution in [0.1, 0.15) is 105 Å². The van der Waals surface area contributed by atoms with E-state index < -0.39 is 0 Å². The van der Waals surface area contributed by atoms with Crippen molar-refractivity contribution in [1.29, 1.82) is 0 Å². The molecule has 2 aliphatic rings. The zero-order valence-electron chi connectivity index (χ0n) is 43.4. The number of hydrogen-bond donors (Lipinski definition) is 0. The summed E-state index contributed by atoms with van der Waals surface area (Å²) in [5.41, 5.74) is 10.6. The molecule has 0 amide bonds. The number of hydrogen-bond acceptors (Lipinski definition) is 6. The molecule has 13 rings (SSSR count). The van der Waals surface area contributed by atoms with Crippen molar-refractivity contribution in [1.82, 2.24) is 39.9 Å². The average Bonchev–Trinajstić information content (AvgIpc) is 4.04. The van der Waals surface area contributed by atoms with Crippen LogP contribution in [0.25, 0.3) is 133 Å². The van der Waals surface area contributed by atoms with Crippen molar-refractivity contribution < 1.29 is 17.1 Å². The topological polar surface area (TPSA) is 106 Å². The number of aromatic nitrogens is 8. The van der Waals surface area contributed by atoms with E-state index in [1.165, 1.54) is 22.3 Å². The molecule has 5 heterocycles. The maximum Gasteiger partial charge on any atom is 2.00 e. The van der Waals surface area contributed by atoms with Gasteiger partial charge in [0.25, 0.3) is 0 Å². The molecule has 8 bridgehead atoms. The number of benzene rings is 8. The molecule has 0 atom stereocenters. The van der Waals surface area contributed by atoms with E-state index >= 15 is 0 Å². The second-order valence-corrected chi connectivity index (χ2v) is 24.3. The Balaban J connectivity index is 0.00000543. The van der Waals surface area contributed by atoms with Gasteiger partial charge in [0.15, 0.2) is 0 Å². The zero-order chi connectivity index (χ0) is 50.0. The van der Waals surface area contributed by atoms with Gasteiger partial charge in [-0.15, -0.1) is 0 Å². The maximum absolute atomic E-state index is 5.43. The van der Waals surface area contributed by atoms with Crippen LogP contribution in [0.5, 0.6) is 0 Å². The molecule has 0 spiro atoms. The molecule has 73 heavy (non-hydrogen) atoms. The molecule has 11 aromatic rings. The summed E-state index contributed by atoms with van der Waals surface area (Å²) in [4.78, 5) is 43.0. The Kier molecular flexibility index (Phi) is 10.1. The minimum Gasteiger partial charge on any atom is -0.357 e. The SMILES string of the molecule is CC(C)(C)c1ccc2cc3c(cc2c1)-c1nc-3nc2[n-]c(nc3nc(nc4[n-]c(n1)c1cc5ccc(C(C)(C)C)cc5cc41)-c1cc4ccc(C(C)(C)C)cc4cc1-3)c1cc3ccc(C(C)(C)C)cc3cc21.[Cu+2]. The van der Waals surface area contributed by atoms with Crippen molar-refractivity contribution in [2.45, 2.75) is 105 Å². The van der Waals surface area contributed by atoms with Crippen LogP contribution in [0, 0.1) is 0 Å². The number of fused-ring (bicyclic) bond motifs is 24. The Morgan fingerprint density at radius 2 is 0.479 bits per heavy atom. The fourth-order valence-electron chi connectivity index (χ4n) is 10.5. The minimum atomic E-state index is -0.0320. The summed E-state index contributed by atoms with van der Waals surface area (Å²) in [6.07, 6.45) is 0. The smallest absolute Gasteiger partial charge is 0.357 e. The van der Waals surface area contributed by atoms with Crippen LogP contribution in [0.15, 0.2) is 121 Å². The molecule has 0 unspecified atom stereocenters. The van der Waals surface area contributed by atoms with Crippen LogP contribution < -0.4 is 9.97 Å². The normalized spacial score (nSPS) is 13.1. The monoisotopic (exact) mass is 999 g/mol. The van der Waals surface area contributed by atoms with E-state index in [-0.39, 0.29) is 38.7 Å². The standard InChI is InChI=1S/C64H56N8.Cu/c1-61(2,3)41-17-13-33-25-45-49(29-37(33)21-41)57-65-53(45)70-58-51-31-39-23-43(63(7,8)9)19-15-35(39)27-47(51)55(67-58)72-60-52-32-40-24-44(64(10,11)12)20-16-36(40)28-48(52)56(68-60)71-59-50-30-38-22-42(62(4,5)6)18-14-34(38)26-46(50)54(66-59)69-57;/h13-32H,1-12H3;/q-2;+2. The second-order valence-electron chi connectivity index (χ2n) is 24.3. The van der Waals surface area contributed by atoms with Crippen LogP contribution in [-0.4, -0.2) is 29.9 Å². The summed E-state index contributed by atoms with van der Waals surface area (Å²) in [7, 11) is 0. The fourth-order valence-corrected chi connectivity index (χ4v) is 10.5. The first kappa shape index (κ1) is 46.7. The summed E-state index contributed by atoms with van der Waals surface area (Å²) in [5.74, 6) is 2.14. The summed E-state index contributed by atoms with van der Waals surface area (Å²) in [6.45, 7) is 27.0. The van der Waals surface area contributed by atoms with Crippen molar-refractivity contribution >= 4 is 87.2 Å². The molecular weight excluding hydrogens is 944 g/mol. The van der Waals surface area contributed by atoms with E-state index in [4.69, 9.17) is 39.9 Å². The molecule has 1 radical (unpaired) electrons.